The molecule has 11 nitrogen and oxygen atoms in total. The summed E-state index contributed by atoms with van der Waals surface area (Å²) in [7, 11) is 1.37. The van der Waals surface area contributed by atoms with Crippen molar-refractivity contribution in [1.29, 1.82) is 0 Å². The number of aliphatic hydroxyl groups excluding tert-OH is 1. The first-order chi connectivity index (χ1) is 39.0. The molecular weight excluding hydrogens is 1400 g/mol. The molecule has 22 heteroatoms. The molecule has 4 heterocycles. The molecule has 0 aromatic heterocycles. The maximum absolute atomic E-state index is 13.4. The van der Waals surface area contributed by atoms with E-state index in [-0.39, 0.29) is 59.9 Å². The minimum atomic E-state index is -0.335. The number of aryl methyl sites for hydroxylation is 3. The fourth-order valence-corrected chi connectivity index (χ4v) is 14.4. The molecule has 10 rings (SSSR count). The van der Waals surface area contributed by atoms with Crippen molar-refractivity contribution in [2.45, 2.75) is 89.7 Å². The number of halogens is 6. The molecule has 6 aromatic rings. The number of alkyl halides is 1. The standard InChI is InChI=1S/C12H12O3S.C10H10BrFOS.C10H10BrNOS.C10H9BrOS.C10H11NO2S.C7H7BrFN/c1-15-12(14)10-4-2-3-8-5-6-9(13)7-16-11(8)10;11-9-3-1-2-7(10(9)12)4-5-8(13)6-14;11-4-7-2-1-3-8-5-12-9(13)6-14-10(7)8;11-9-3-1-2-7-4-5-8(12)6-13-10(7)9;12-5-8-3-1-2-7-4-11-9(13)6-14-10(7)8;8-6-3-1-2-5(4-10)7(6)9/h2-4H,5-7H2,1H3;1-3,14H,4-6H2;1-3H,4-6H2,(H,12,13);1-3H,4-6H2;1-3,12H,4-6H2,(H,11,13);1-3H,4,10H2. The molecule has 0 spiro atoms. The Hall–Kier alpha value is -3.81. The van der Waals surface area contributed by atoms with Gasteiger partial charge in [-0.05, 0) is 130 Å². The van der Waals surface area contributed by atoms with Crippen molar-refractivity contribution in [2.24, 2.45) is 5.73 Å². The zero-order chi connectivity index (χ0) is 58.8. The van der Waals surface area contributed by atoms with Gasteiger partial charge < -0.3 is 26.2 Å². The summed E-state index contributed by atoms with van der Waals surface area (Å²) in [6.07, 6.45) is 3.63. The average molecular weight is 1460 g/mol. The third-order valence-electron chi connectivity index (χ3n) is 12.1. The molecule has 0 unspecified atom stereocenters. The van der Waals surface area contributed by atoms with Gasteiger partial charge in [-0.1, -0.05) is 101 Å². The van der Waals surface area contributed by atoms with Gasteiger partial charge in [-0.3, -0.25) is 24.0 Å². The molecule has 81 heavy (non-hydrogen) atoms. The fraction of sp³-hybridized carbons (Fsp3) is 0.288. The third kappa shape index (κ3) is 21.6. The number of amides is 2. The minimum Gasteiger partial charge on any atom is -0.465 e. The first-order valence-electron chi connectivity index (χ1n) is 25.1. The molecule has 0 radical (unpaired) electrons. The van der Waals surface area contributed by atoms with Crippen molar-refractivity contribution in [3.63, 3.8) is 0 Å². The van der Waals surface area contributed by atoms with Crippen LogP contribution in [-0.2, 0) is 79.5 Å². The number of benzene rings is 6. The maximum atomic E-state index is 13.4. The summed E-state index contributed by atoms with van der Waals surface area (Å²) in [6.45, 7) is 1.49. The van der Waals surface area contributed by atoms with Crippen LogP contribution < -0.4 is 16.4 Å². The van der Waals surface area contributed by atoms with Gasteiger partial charge >= 0.3 is 5.97 Å². The molecule has 0 aliphatic carbocycles. The van der Waals surface area contributed by atoms with Gasteiger partial charge in [0.2, 0.25) is 11.8 Å². The van der Waals surface area contributed by atoms with Crippen molar-refractivity contribution < 1.29 is 47.4 Å². The lowest BCUT2D eigenvalue weighted by molar-refractivity contribution is -0.119. The summed E-state index contributed by atoms with van der Waals surface area (Å²) in [6, 6.07) is 33.8. The Balaban J connectivity index is 0.000000179. The second kappa shape index (κ2) is 36.1. The van der Waals surface area contributed by atoms with Crippen LogP contribution in [0.5, 0.6) is 0 Å². The Labute approximate surface area is 527 Å². The number of hydrogen-bond acceptors (Lipinski definition) is 14. The highest BCUT2D eigenvalue weighted by Crippen LogP contribution is 2.35. The molecule has 430 valence electrons. The number of hydrogen-bond donors (Lipinski definition) is 5. The number of Topliss-reactive ketones (excluding diaryl/α,β-unsaturated/α-hetero) is 3. The number of nitrogens with one attached hydrogen (secondary N) is 2. The number of esters is 1. The molecule has 0 saturated heterocycles. The highest BCUT2D eigenvalue weighted by Gasteiger charge is 2.21. The molecule has 0 atom stereocenters. The number of carbonyl (C=O) groups is 6. The summed E-state index contributed by atoms with van der Waals surface area (Å²) in [5.74, 6) is 2.16. The Morgan fingerprint density at radius 2 is 1.04 bits per heavy atom. The van der Waals surface area contributed by atoms with Gasteiger partial charge in [-0.15, -0.1) is 47.0 Å². The lowest BCUT2D eigenvalue weighted by atomic mass is 10.1. The van der Waals surface area contributed by atoms with Crippen LogP contribution >= 0.6 is 123 Å². The Kier molecular flexibility index (Phi) is 30.3. The van der Waals surface area contributed by atoms with E-state index in [4.69, 9.17) is 15.6 Å². The number of rotatable bonds is 8. The zero-order valence-electron chi connectivity index (χ0n) is 43.9. The monoisotopic (exact) mass is 1450 g/mol. The van der Waals surface area contributed by atoms with E-state index >= 15 is 0 Å². The maximum Gasteiger partial charge on any atom is 0.339 e. The Morgan fingerprint density at radius 1 is 0.593 bits per heavy atom. The van der Waals surface area contributed by atoms with Crippen molar-refractivity contribution >= 4 is 159 Å². The first kappa shape index (κ1) is 68.0. The van der Waals surface area contributed by atoms with Gasteiger partial charge in [0.25, 0.3) is 0 Å². The van der Waals surface area contributed by atoms with Gasteiger partial charge in [0.1, 0.15) is 29.0 Å². The number of carbonyl (C=O) groups excluding carboxylic acids is 6. The van der Waals surface area contributed by atoms with Gasteiger partial charge in [-0.25, -0.2) is 13.6 Å². The summed E-state index contributed by atoms with van der Waals surface area (Å²) >= 11 is 23.2. The Morgan fingerprint density at radius 3 is 1.57 bits per heavy atom. The zero-order valence-corrected chi connectivity index (χ0v) is 54.4. The van der Waals surface area contributed by atoms with Crippen LogP contribution in [0, 0.1) is 11.6 Å². The number of thioether (sulfide) groups is 4. The van der Waals surface area contributed by atoms with Crippen LogP contribution in [0.4, 0.5) is 8.78 Å². The SMILES string of the molecule is COC(=O)c1cccc2c1SCC(=O)CC2.NCc1cccc(Br)c1F.O=C(CS)CCc1cccc(Br)c1F.O=C1CCc2cccc(Br)c2SC1.O=C1CSc2c(CBr)cccc2CN1.O=C1CSc2c(CO)cccc2CN1. The van der Waals surface area contributed by atoms with E-state index in [1.54, 1.807) is 66.0 Å². The number of methoxy groups -OCH3 is 1. The van der Waals surface area contributed by atoms with Gasteiger partial charge in [0.15, 0.2) is 0 Å². The van der Waals surface area contributed by atoms with Crippen molar-refractivity contribution in [3.05, 3.63) is 184 Å². The second-order valence-electron chi connectivity index (χ2n) is 17.7. The third-order valence-corrected chi connectivity index (χ3v) is 20.1. The van der Waals surface area contributed by atoms with Crippen LogP contribution in [-0.4, -0.2) is 76.1 Å². The number of aliphatic hydroxyl groups is 1. The smallest absolute Gasteiger partial charge is 0.339 e. The quantitative estimate of drug-likeness (QED) is 0.0552. The molecule has 5 N–H and O–H groups in total. The molecule has 0 saturated carbocycles. The average Bonchev–Trinajstić information content (AvgIpc) is 4.01. The van der Waals surface area contributed by atoms with Crippen LogP contribution in [0.2, 0.25) is 0 Å². The van der Waals surface area contributed by atoms with Crippen molar-refractivity contribution in [1.82, 2.24) is 10.6 Å². The van der Waals surface area contributed by atoms with E-state index < -0.39 is 0 Å². The van der Waals surface area contributed by atoms with E-state index in [0.29, 0.717) is 99.6 Å². The van der Waals surface area contributed by atoms with Crippen molar-refractivity contribution in [2.75, 3.05) is 35.9 Å². The number of ketones is 3. The molecule has 6 aromatic carbocycles. The van der Waals surface area contributed by atoms with E-state index in [2.05, 4.69) is 105 Å². The Bertz CT molecular complexity index is 3110. The highest BCUT2D eigenvalue weighted by molar-refractivity contribution is 9.11. The van der Waals surface area contributed by atoms with Gasteiger partial charge in [0, 0.05) is 79.6 Å². The molecule has 4 aliphatic rings. The number of thiol groups is 1. The van der Waals surface area contributed by atoms with Crippen LogP contribution in [0.15, 0.2) is 142 Å². The lowest BCUT2D eigenvalue weighted by Gasteiger charge is -2.09. The van der Waals surface area contributed by atoms with E-state index in [0.717, 1.165) is 42.7 Å². The molecule has 0 fully saturated rings. The van der Waals surface area contributed by atoms with Crippen LogP contribution in [0.25, 0.3) is 0 Å². The van der Waals surface area contributed by atoms with Crippen molar-refractivity contribution in [3.8, 4) is 0 Å². The summed E-state index contributed by atoms with van der Waals surface area (Å²) in [5, 5.41) is 15.7. The lowest BCUT2D eigenvalue weighted by Crippen LogP contribution is -2.22. The summed E-state index contributed by atoms with van der Waals surface area (Å²) in [5.41, 5.74) is 13.8. The number of nitrogens with two attached hydrogens (primary N) is 1. The second-order valence-corrected chi connectivity index (χ2v) is 25.1. The summed E-state index contributed by atoms with van der Waals surface area (Å²) in [4.78, 5) is 71.9. The summed E-state index contributed by atoms with van der Waals surface area (Å²) < 4.78 is 33.0. The molecular formula is C59H59Br4F2N3O8S5. The van der Waals surface area contributed by atoms with E-state index in [9.17, 15) is 37.5 Å². The van der Waals surface area contributed by atoms with Crippen LogP contribution in [0.1, 0.15) is 74.1 Å². The molecule has 0 bridgehead atoms. The highest BCUT2D eigenvalue weighted by atomic mass is 79.9. The predicted molar refractivity (Wildman–Crippen MR) is 340 cm³/mol. The first-order valence-corrected chi connectivity index (χ1v) is 33.2. The number of fused-ring (bicyclic) bond motifs is 4. The van der Waals surface area contributed by atoms with Gasteiger partial charge in [0.05, 0.1) is 51.2 Å². The van der Waals surface area contributed by atoms with E-state index in [1.165, 1.54) is 57.1 Å². The predicted octanol–water partition coefficient (Wildman–Crippen LogP) is 13.4. The molecule has 4 aliphatic heterocycles. The van der Waals surface area contributed by atoms with Gasteiger partial charge in [-0.2, -0.15) is 12.6 Å². The molecule has 2 amide bonds. The number of ether oxygens (including phenoxy) is 1. The fourth-order valence-electron chi connectivity index (χ4n) is 7.85. The minimum absolute atomic E-state index is 0.0321. The largest absolute Gasteiger partial charge is 0.465 e. The normalized spacial score (nSPS) is 14.0. The van der Waals surface area contributed by atoms with Crippen LogP contribution in [0.3, 0.4) is 0 Å². The van der Waals surface area contributed by atoms with E-state index in [1.807, 2.05) is 48.5 Å². The topological polar surface area (TPSA) is 182 Å².